The van der Waals surface area contributed by atoms with Crippen LogP contribution in [0.4, 0.5) is 0 Å². The molecule has 4 N–H and O–H groups in total. The van der Waals surface area contributed by atoms with E-state index in [0.29, 0.717) is 15.6 Å². The third kappa shape index (κ3) is 4.63. The average Bonchev–Trinajstić information content (AvgIpc) is 2.26. The Kier molecular flexibility index (Phi) is 5.83. The van der Waals surface area contributed by atoms with Gasteiger partial charge < -0.3 is 16.2 Å². The maximum atomic E-state index is 11.4. The topological polar surface area (TPSA) is 75.3 Å². The van der Waals surface area contributed by atoms with Gasteiger partial charge in [0.2, 0.25) is 5.91 Å². The van der Waals surface area contributed by atoms with Crippen molar-refractivity contribution in [1.82, 2.24) is 5.32 Å². The van der Waals surface area contributed by atoms with Crippen molar-refractivity contribution in [2.45, 2.75) is 32.9 Å². The number of primary amides is 1. The van der Waals surface area contributed by atoms with Crippen LogP contribution in [0.1, 0.15) is 32.4 Å². The summed E-state index contributed by atoms with van der Waals surface area (Å²) in [7, 11) is 0. The van der Waals surface area contributed by atoms with Gasteiger partial charge in [-0.15, -0.1) is 0 Å². The van der Waals surface area contributed by atoms with Gasteiger partial charge in [0, 0.05) is 22.2 Å². The van der Waals surface area contributed by atoms with Crippen molar-refractivity contribution in [3.63, 3.8) is 0 Å². The Hall–Kier alpha value is -0.810. The molecule has 20 heavy (non-hydrogen) atoms. The summed E-state index contributed by atoms with van der Waals surface area (Å²) in [6.45, 7) is 5.87. The van der Waals surface area contributed by atoms with E-state index < -0.39 is 18.1 Å². The van der Waals surface area contributed by atoms with Crippen LogP contribution >= 0.6 is 23.2 Å². The molecule has 1 aromatic carbocycles. The molecule has 1 unspecified atom stereocenters. The Bertz CT molecular complexity index is 487. The Morgan fingerprint density at radius 1 is 1.40 bits per heavy atom. The molecule has 0 fully saturated rings. The molecule has 1 rings (SSSR count). The molecule has 0 radical (unpaired) electrons. The highest BCUT2D eigenvalue weighted by Crippen LogP contribution is 2.26. The molecule has 112 valence electrons. The number of halogens is 2. The zero-order valence-corrected chi connectivity index (χ0v) is 13.3. The lowest BCUT2D eigenvalue weighted by atomic mass is 9.86. The number of aliphatic hydroxyl groups excluding tert-OH is 1. The summed E-state index contributed by atoms with van der Waals surface area (Å²) in [6.07, 6.45) is -0.844. The van der Waals surface area contributed by atoms with Crippen molar-refractivity contribution in [2.24, 2.45) is 11.1 Å². The lowest BCUT2D eigenvalue weighted by Crippen LogP contribution is -2.50. The van der Waals surface area contributed by atoms with Crippen LogP contribution in [0.3, 0.4) is 0 Å². The minimum atomic E-state index is -0.844. The Balaban J connectivity index is 2.75. The van der Waals surface area contributed by atoms with Crippen LogP contribution in [0, 0.1) is 5.41 Å². The first-order valence-electron chi connectivity index (χ1n) is 6.28. The standard InChI is InChI=1S/C14H20Cl2N2O2/c1-14(2,3)12(13(17)20)18-7-11(19)9-5-4-8(15)6-10(9)16/h4-6,11-12,18-19H,7H2,1-3H3,(H2,17,20)/t11?,12-/m1/s1. The van der Waals surface area contributed by atoms with Gasteiger partial charge in [-0.25, -0.2) is 0 Å². The SMILES string of the molecule is CC(C)(C)[C@H](NCC(O)c1ccc(Cl)cc1Cl)C(N)=O. The predicted octanol–water partition coefficient (Wildman–Crippen LogP) is 2.52. The van der Waals surface area contributed by atoms with Crippen LogP contribution in [-0.4, -0.2) is 23.6 Å². The Morgan fingerprint density at radius 2 is 2.00 bits per heavy atom. The van der Waals surface area contributed by atoms with Crippen LogP contribution in [0.2, 0.25) is 10.0 Å². The molecule has 2 atom stereocenters. The number of carbonyl (C=O) groups is 1. The van der Waals surface area contributed by atoms with Crippen molar-refractivity contribution >= 4 is 29.1 Å². The van der Waals surface area contributed by atoms with Gasteiger partial charge in [-0.2, -0.15) is 0 Å². The first-order valence-corrected chi connectivity index (χ1v) is 7.04. The van der Waals surface area contributed by atoms with Gasteiger partial charge in [-0.1, -0.05) is 50.0 Å². The van der Waals surface area contributed by atoms with Crippen LogP contribution in [0.25, 0.3) is 0 Å². The highest BCUT2D eigenvalue weighted by Gasteiger charge is 2.29. The number of aliphatic hydroxyl groups is 1. The number of nitrogens with two attached hydrogens (primary N) is 1. The van der Waals surface area contributed by atoms with Gasteiger partial charge in [-0.05, 0) is 17.5 Å². The fraction of sp³-hybridized carbons (Fsp3) is 0.500. The van der Waals surface area contributed by atoms with Crippen LogP contribution in [-0.2, 0) is 4.79 Å². The molecule has 0 bridgehead atoms. The van der Waals surface area contributed by atoms with Crippen LogP contribution in [0.5, 0.6) is 0 Å². The van der Waals surface area contributed by atoms with Gasteiger partial charge in [0.25, 0.3) is 0 Å². The summed E-state index contributed by atoms with van der Waals surface area (Å²) in [4.78, 5) is 11.4. The third-order valence-electron chi connectivity index (χ3n) is 2.99. The molecule has 0 heterocycles. The minimum Gasteiger partial charge on any atom is -0.387 e. The van der Waals surface area contributed by atoms with Crippen molar-refractivity contribution < 1.29 is 9.90 Å². The van der Waals surface area contributed by atoms with Crippen molar-refractivity contribution in [2.75, 3.05) is 6.54 Å². The molecule has 1 aromatic rings. The molecule has 0 aliphatic rings. The first-order chi connectivity index (χ1) is 9.12. The lowest BCUT2D eigenvalue weighted by molar-refractivity contribution is -0.122. The predicted molar refractivity (Wildman–Crippen MR) is 81.9 cm³/mol. The number of nitrogens with one attached hydrogen (secondary N) is 1. The molecular formula is C14H20Cl2N2O2. The minimum absolute atomic E-state index is 0.173. The van der Waals surface area contributed by atoms with Crippen molar-refractivity contribution in [1.29, 1.82) is 0 Å². The van der Waals surface area contributed by atoms with E-state index in [1.807, 2.05) is 20.8 Å². The second-order valence-corrected chi connectivity index (χ2v) is 6.63. The number of hydrogen-bond acceptors (Lipinski definition) is 3. The summed E-state index contributed by atoms with van der Waals surface area (Å²) in [5.74, 6) is -0.452. The summed E-state index contributed by atoms with van der Waals surface area (Å²) in [6, 6.07) is 4.34. The van der Waals surface area contributed by atoms with Gasteiger partial charge in [0.15, 0.2) is 0 Å². The summed E-state index contributed by atoms with van der Waals surface area (Å²) in [5.41, 5.74) is 5.59. The molecule has 4 nitrogen and oxygen atoms in total. The van der Waals surface area contributed by atoms with E-state index in [9.17, 15) is 9.90 Å². The number of hydrogen-bond donors (Lipinski definition) is 3. The second-order valence-electron chi connectivity index (χ2n) is 5.79. The van der Waals surface area contributed by atoms with E-state index in [0.717, 1.165) is 0 Å². The van der Waals surface area contributed by atoms with Gasteiger partial charge >= 0.3 is 0 Å². The second kappa shape index (κ2) is 6.76. The summed E-state index contributed by atoms with van der Waals surface area (Å²) in [5, 5.41) is 14.0. The van der Waals surface area contributed by atoms with Crippen LogP contribution in [0.15, 0.2) is 18.2 Å². The molecule has 0 aliphatic heterocycles. The van der Waals surface area contributed by atoms with E-state index >= 15 is 0 Å². The van der Waals surface area contributed by atoms with Gasteiger partial charge in [0.05, 0.1) is 12.1 Å². The number of benzene rings is 1. The largest absolute Gasteiger partial charge is 0.387 e. The molecule has 0 aromatic heterocycles. The van der Waals surface area contributed by atoms with Crippen LogP contribution < -0.4 is 11.1 Å². The van der Waals surface area contributed by atoms with E-state index in [4.69, 9.17) is 28.9 Å². The number of carbonyl (C=O) groups excluding carboxylic acids is 1. The van der Waals surface area contributed by atoms with Gasteiger partial charge in [0.1, 0.15) is 0 Å². The monoisotopic (exact) mass is 318 g/mol. The number of amides is 1. The van der Waals surface area contributed by atoms with E-state index in [1.54, 1.807) is 18.2 Å². The van der Waals surface area contributed by atoms with Crippen molar-refractivity contribution in [3.05, 3.63) is 33.8 Å². The summed E-state index contributed by atoms with van der Waals surface area (Å²) >= 11 is 11.8. The first kappa shape index (κ1) is 17.2. The number of rotatable bonds is 5. The molecule has 0 aliphatic carbocycles. The lowest BCUT2D eigenvalue weighted by Gasteiger charge is -2.29. The molecular weight excluding hydrogens is 299 g/mol. The maximum Gasteiger partial charge on any atom is 0.235 e. The molecule has 0 saturated heterocycles. The maximum absolute atomic E-state index is 11.4. The zero-order valence-electron chi connectivity index (χ0n) is 11.8. The smallest absolute Gasteiger partial charge is 0.235 e. The van der Waals surface area contributed by atoms with E-state index in [2.05, 4.69) is 5.32 Å². The van der Waals surface area contributed by atoms with Gasteiger partial charge in [-0.3, -0.25) is 4.79 Å². The molecule has 0 saturated carbocycles. The molecule has 1 amide bonds. The normalized spacial score (nSPS) is 14.9. The van der Waals surface area contributed by atoms with Crippen molar-refractivity contribution in [3.8, 4) is 0 Å². The highest BCUT2D eigenvalue weighted by atomic mass is 35.5. The summed E-state index contributed by atoms with van der Waals surface area (Å²) < 4.78 is 0. The molecule has 6 heteroatoms. The fourth-order valence-corrected chi connectivity index (χ4v) is 2.48. The Morgan fingerprint density at radius 3 is 2.45 bits per heavy atom. The van der Waals surface area contributed by atoms with E-state index in [-0.39, 0.29) is 12.0 Å². The quantitative estimate of drug-likeness (QED) is 0.780. The third-order valence-corrected chi connectivity index (χ3v) is 3.55. The Labute approximate surface area is 129 Å². The molecule has 0 spiro atoms. The zero-order chi connectivity index (χ0) is 15.5. The fourth-order valence-electron chi connectivity index (χ4n) is 1.94. The highest BCUT2D eigenvalue weighted by molar-refractivity contribution is 6.35. The van der Waals surface area contributed by atoms with E-state index in [1.165, 1.54) is 0 Å². The average molecular weight is 319 g/mol.